The Morgan fingerprint density at radius 1 is 1.00 bits per heavy atom. The van der Waals surface area contributed by atoms with Gasteiger partial charge in [-0.05, 0) is 41.0 Å². The number of fused-ring (bicyclic) bond motifs is 1. The predicted octanol–water partition coefficient (Wildman–Crippen LogP) is 4.51. The average Bonchev–Trinajstić information content (AvgIpc) is 3.05. The molecule has 0 aliphatic carbocycles. The number of hydrogen-bond donors (Lipinski definition) is 1. The van der Waals surface area contributed by atoms with Gasteiger partial charge in [-0.25, -0.2) is 4.79 Å². The molecule has 0 saturated carbocycles. The number of allylic oxidation sites excluding steroid dienone is 2. The summed E-state index contributed by atoms with van der Waals surface area (Å²) in [6, 6.07) is 9.76. The van der Waals surface area contributed by atoms with Gasteiger partial charge in [0, 0.05) is 6.08 Å². The van der Waals surface area contributed by atoms with Crippen LogP contribution < -0.4 is 9.47 Å². The van der Waals surface area contributed by atoms with Crippen LogP contribution in [0.25, 0.3) is 5.57 Å². The van der Waals surface area contributed by atoms with E-state index in [0.29, 0.717) is 28.2 Å². The summed E-state index contributed by atoms with van der Waals surface area (Å²) in [5, 5.41) is 8.74. The number of aliphatic carboxylic acids is 1. The molecule has 0 aromatic heterocycles. The molecule has 0 unspecified atom stereocenters. The molecular formula is C19H13F3O4. The molecule has 0 atom stereocenters. The molecule has 1 aliphatic rings. The topological polar surface area (TPSA) is 55.8 Å². The maximum Gasteiger partial charge on any atom is 0.416 e. The fourth-order valence-corrected chi connectivity index (χ4v) is 2.49. The Kier molecular flexibility index (Phi) is 4.71. The monoisotopic (exact) mass is 362 g/mol. The van der Waals surface area contributed by atoms with E-state index < -0.39 is 17.7 Å². The van der Waals surface area contributed by atoms with E-state index in [2.05, 4.69) is 0 Å². The molecule has 0 spiro atoms. The molecule has 4 nitrogen and oxygen atoms in total. The maximum absolute atomic E-state index is 12.8. The smallest absolute Gasteiger partial charge is 0.416 e. The Morgan fingerprint density at radius 3 is 2.31 bits per heavy atom. The molecule has 134 valence electrons. The van der Waals surface area contributed by atoms with Crippen molar-refractivity contribution in [2.24, 2.45) is 0 Å². The number of hydrogen-bond acceptors (Lipinski definition) is 3. The molecule has 7 heteroatoms. The number of alkyl halides is 3. The lowest BCUT2D eigenvalue weighted by molar-refractivity contribution is -0.137. The average molecular weight is 362 g/mol. The molecule has 1 heterocycles. The van der Waals surface area contributed by atoms with Crippen LogP contribution in [0.5, 0.6) is 11.5 Å². The lowest BCUT2D eigenvalue weighted by atomic mass is 9.96. The zero-order valence-corrected chi connectivity index (χ0v) is 13.3. The van der Waals surface area contributed by atoms with Crippen molar-refractivity contribution in [3.05, 3.63) is 77.4 Å². The Morgan fingerprint density at radius 2 is 1.65 bits per heavy atom. The van der Waals surface area contributed by atoms with Crippen molar-refractivity contribution in [3.8, 4) is 11.5 Å². The first-order valence-corrected chi connectivity index (χ1v) is 7.53. The fraction of sp³-hybridized carbons (Fsp3) is 0.105. The molecule has 0 saturated heterocycles. The molecule has 2 aromatic carbocycles. The number of carboxylic acids is 1. The fourth-order valence-electron chi connectivity index (χ4n) is 2.49. The van der Waals surface area contributed by atoms with Gasteiger partial charge >= 0.3 is 12.1 Å². The van der Waals surface area contributed by atoms with Gasteiger partial charge in [-0.1, -0.05) is 30.4 Å². The second-order valence-electron chi connectivity index (χ2n) is 5.42. The minimum atomic E-state index is -4.43. The van der Waals surface area contributed by atoms with Gasteiger partial charge in [-0.3, -0.25) is 0 Å². The first-order valence-electron chi connectivity index (χ1n) is 7.53. The highest BCUT2D eigenvalue weighted by atomic mass is 19.4. The van der Waals surface area contributed by atoms with Gasteiger partial charge in [0.25, 0.3) is 0 Å². The molecule has 0 fully saturated rings. The van der Waals surface area contributed by atoms with Gasteiger partial charge in [0.15, 0.2) is 11.5 Å². The molecular weight excluding hydrogens is 349 g/mol. The molecule has 0 bridgehead atoms. The quantitative estimate of drug-likeness (QED) is 0.642. The van der Waals surface area contributed by atoms with Crippen LogP contribution in [0.3, 0.4) is 0 Å². The van der Waals surface area contributed by atoms with Crippen molar-refractivity contribution in [2.45, 2.75) is 6.18 Å². The van der Waals surface area contributed by atoms with E-state index in [9.17, 15) is 18.0 Å². The van der Waals surface area contributed by atoms with E-state index in [1.54, 1.807) is 18.2 Å². The van der Waals surface area contributed by atoms with Gasteiger partial charge in [0.05, 0.1) is 5.56 Å². The highest BCUT2D eigenvalue weighted by Gasteiger charge is 2.30. The molecule has 1 N–H and O–H groups in total. The Balaban J connectivity index is 2.02. The third-order valence-corrected chi connectivity index (χ3v) is 3.71. The second kappa shape index (κ2) is 6.95. The summed E-state index contributed by atoms with van der Waals surface area (Å²) in [6.07, 6.45) is -0.643. The number of carbonyl (C=O) groups is 1. The summed E-state index contributed by atoms with van der Waals surface area (Å²) in [7, 11) is 0. The van der Waals surface area contributed by atoms with Gasteiger partial charge in [0.2, 0.25) is 6.79 Å². The lowest BCUT2D eigenvalue weighted by Gasteiger charge is -2.11. The van der Waals surface area contributed by atoms with Gasteiger partial charge in [0.1, 0.15) is 0 Å². The Hall–Kier alpha value is -3.22. The van der Waals surface area contributed by atoms with Crippen LogP contribution in [0, 0.1) is 0 Å². The molecule has 0 radical (unpaired) electrons. The van der Waals surface area contributed by atoms with Crippen LogP contribution in [0.2, 0.25) is 0 Å². The molecule has 26 heavy (non-hydrogen) atoms. The highest BCUT2D eigenvalue weighted by Crippen LogP contribution is 2.37. The largest absolute Gasteiger partial charge is 0.478 e. The molecule has 1 aliphatic heterocycles. The molecule has 3 rings (SSSR count). The normalized spacial score (nSPS) is 14.0. The first-order chi connectivity index (χ1) is 12.3. The lowest BCUT2D eigenvalue weighted by Crippen LogP contribution is -2.04. The first kappa shape index (κ1) is 17.6. The van der Waals surface area contributed by atoms with E-state index in [1.165, 1.54) is 24.3 Å². The molecule has 2 aromatic rings. The summed E-state index contributed by atoms with van der Waals surface area (Å²) >= 11 is 0. The van der Waals surface area contributed by atoms with Gasteiger partial charge in [-0.2, -0.15) is 13.2 Å². The number of benzene rings is 2. The standard InChI is InChI=1S/C19H13F3O4/c20-19(21,22)14-7-4-12(5-8-14)15(2-1-3-18(23)24)13-6-9-16-17(10-13)26-11-25-16/h1-10H,11H2,(H,23,24)/b3-1+,15-2-. The number of carboxylic acid groups (broad SMARTS) is 1. The van der Waals surface area contributed by atoms with Crippen molar-refractivity contribution in [1.82, 2.24) is 0 Å². The van der Waals surface area contributed by atoms with Crippen molar-refractivity contribution in [3.63, 3.8) is 0 Å². The van der Waals surface area contributed by atoms with Crippen LogP contribution >= 0.6 is 0 Å². The summed E-state index contributed by atoms with van der Waals surface area (Å²) in [4.78, 5) is 10.7. The number of rotatable bonds is 4. The molecule has 0 amide bonds. The van der Waals surface area contributed by atoms with Crippen molar-refractivity contribution in [1.29, 1.82) is 0 Å². The van der Waals surface area contributed by atoms with Crippen molar-refractivity contribution >= 4 is 11.5 Å². The van der Waals surface area contributed by atoms with E-state index in [-0.39, 0.29) is 6.79 Å². The Labute approximate surface area is 146 Å². The van der Waals surface area contributed by atoms with Crippen LogP contribution in [0.15, 0.2) is 60.7 Å². The summed E-state index contributed by atoms with van der Waals surface area (Å²) in [6.45, 7) is 0.0943. The predicted molar refractivity (Wildman–Crippen MR) is 87.9 cm³/mol. The highest BCUT2D eigenvalue weighted by molar-refractivity contribution is 5.84. The van der Waals surface area contributed by atoms with Gasteiger partial charge < -0.3 is 14.6 Å². The summed E-state index contributed by atoms with van der Waals surface area (Å²) in [5.41, 5.74) is 0.956. The second-order valence-corrected chi connectivity index (χ2v) is 5.42. The van der Waals surface area contributed by atoms with E-state index in [0.717, 1.165) is 18.2 Å². The third-order valence-electron chi connectivity index (χ3n) is 3.71. The van der Waals surface area contributed by atoms with E-state index >= 15 is 0 Å². The SMILES string of the molecule is O=C(O)/C=C/C=C(/c1ccc(C(F)(F)F)cc1)c1ccc2c(c1)OCO2. The minimum Gasteiger partial charge on any atom is -0.478 e. The number of halogens is 3. The van der Waals surface area contributed by atoms with E-state index in [4.69, 9.17) is 14.6 Å². The zero-order valence-electron chi connectivity index (χ0n) is 13.3. The Bertz CT molecular complexity index is 881. The van der Waals surface area contributed by atoms with Crippen molar-refractivity contribution in [2.75, 3.05) is 6.79 Å². The number of ether oxygens (including phenoxy) is 2. The third kappa shape index (κ3) is 3.88. The van der Waals surface area contributed by atoms with Crippen LogP contribution in [0.4, 0.5) is 13.2 Å². The van der Waals surface area contributed by atoms with Crippen LogP contribution in [-0.2, 0) is 11.0 Å². The summed E-state index contributed by atoms with van der Waals surface area (Å²) in [5.74, 6) is -0.0390. The summed E-state index contributed by atoms with van der Waals surface area (Å²) < 4.78 is 48.9. The van der Waals surface area contributed by atoms with Gasteiger partial charge in [-0.15, -0.1) is 0 Å². The van der Waals surface area contributed by atoms with Crippen molar-refractivity contribution < 1.29 is 32.5 Å². The zero-order chi connectivity index (χ0) is 18.7. The van der Waals surface area contributed by atoms with Crippen LogP contribution in [0.1, 0.15) is 16.7 Å². The minimum absolute atomic E-state index is 0.0943. The van der Waals surface area contributed by atoms with E-state index in [1.807, 2.05) is 0 Å². The van der Waals surface area contributed by atoms with Crippen LogP contribution in [-0.4, -0.2) is 17.9 Å². The maximum atomic E-state index is 12.8.